The molecular weight excluding hydrogens is 774 g/mol. The summed E-state index contributed by atoms with van der Waals surface area (Å²) in [5, 5.41) is 45.8. The summed E-state index contributed by atoms with van der Waals surface area (Å²) in [7, 11) is 0. The van der Waals surface area contributed by atoms with Crippen molar-refractivity contribution in [2.24, 2.45) is 0 Å². The van der Waals surface area contributed by atoms with Crippen molar-refractivity contribution in [1.82, 2.24) is 19.9 Å². The molecule has 0 aliphatic carbocycles. The number of carbonyl (C=O) groups is 4. The van der Waals surface area contributed by atoms with Crippen molar-refractivity contribution in [3.05, 3.63) is 69.3 Å². The fourth-order valence-electron chi connectivity index (χ4n) is 6.24. The van der Waals surface area contributed by atoms with Crippen LogP contribution in [0, 0.1) is 13.8 Å². The molecule has 0 aromatic carbocycles. The Labute approximate surface area is 408 Å². The molecule has 3 aromatic heterocycles. The minimum Gasteiger partial charge on any atom is -0.657 e. The van der Waals surface area contributed by atoms with E-state index >= 15 is 0 Å². The standard InChI is InChI=1S/C36H38N4O8.4Na.Zn/c1-17-21(5-9-33(41)42)29-14-27-19(3)22(6-10-34(43)44)30(39-27)15-28-20(4)24(8-12-36(47)48)32(40-28)16-31-23(7-11-35(45)46)18(2)26(38-31)13-25(17)37-29;;;;;/h13-16H,5-12H2,1-4H3,(H6,37,38,39,40,41,42,43,44,45,46,47,48);;;;;/q;4*+1;+2/p-6. The molecule has 0 saturated carbocycles. The predicted molar refractivity (Wildman–Crippen MR) is 169 cm³/mol. The van der Waals surface area contributed by atoms with E-state index in [-0.39, 0.29) is 189 Å². The van der Waals surface area contributed by atoms with Crippen LogP contribution in [0.4, 0.5) is 0 Å². The number of carbonyl (C=O) groups excluding carboxylic acids is 4. The molecule has 0 amide bonds. The SMILES string of the molecule is CC1=C(CCC(=O)[O-])c2cc3[n-]c(cc4nc(cc5[n-]c(cc1n2)c(C)c5CCC(=O)[O-])C(CCC(=O)[O-])=C4C)c(CCC(=O)[O-])c3C.[Na+].[Na+].[Na+].[Na+].[Zn+2]. The van der Waals surface area contributed by atoms with Crippen LogP contribution in [0.15, 0.2) is 24.3 Å². The van der Waals surface area contributed by atoms with Gasteiger partial charge in [-0.1, -0.05) is 46.5 Å². The molecule has 3 aromatic rings. The van der Waals surface area contributed by atoms with Crippen molar-refractivity contribution < 1.29 is 177 Å². The van der Waals surface area contributed by atoms with Gasteiger partial charge in [-0.15, -0.1) is 22.1 Å². The number of aromatic nitrogens is 4. The summed E-state index contributed by atoms with van der Waals surface area (Å²) in [4.78, 5) is 65.2. The van der Waals surface area contributed by atoms with Crippen LogP contribution in [-0.2, 0) is 51.5 Å². The molecular formula is C36H32N4Na4O8Zn. The van der Waals surface area contributed by atoms with Crippen LogP contribution in [-0.4, -0.2) is 33.8 Å². The third-order valence-electron chi connectivity index (χ3n) is 8.96. The number of rotatable bonds is 12. The first-order valence-corrected chi connectivity index (χ1v) is 15.6. The van der Waals surface area contributed by atoms with Crippen LogP contribution in [0.2, 0.25) is 0 Å². The fraction of sp³-hybridized carbons (Fsp3) is 0.333. The van der Waals surface area contributed by atoms with Crippen molar-refractivity contribution in [1.29, 1.82) is 0 Å². The topological polar surface area (TPSA) is 214 Å². The normalized spacial score (nSPS) is 11.7. The van der Waals surface area contributed by atoms with Crippen LogP contribution < -0.4 is 149 Å². The van der Waals surface area contributed by atoms with Gasteiger partial charge in [0.15, 0.2) is 0 Å². The molecule has 0 fully saturated rings. The summed E-state index contributed by atoms with van der Waals surface area (Å²) >= 11 is 0. The zero-order valence-corrected chi connectivity index (χ0v) is 42.7. The van der Waals surface area contributed by atoms with E-state index in [1.54, 1.807) is 31.2 Å². The Balaban J connectivity index is 0.00000541. The Bertz CT molecular complexity index is 2130. The van der Waals surface area contributed by atoms with E-state index < -0.39 is 23.9 Å². The van der Waals surface area contributed by atoms with E-state index in [9.17, 15) is 39.6 Å². The molecule has 2 aliphatic heterocycles. The van der Waals surface area contributed by atoms with Gasteiger partial charge < -0.3 is 49.6 Å². The number of hydrogen-bond acceptors (Lipinski definition) is 10. The first-order chi connectivity index (χ1) is 22.7. The molecule has 2 aliphatic rings. The van der Waals surface area contributed by atoms with Gasteiger partial charge in [-0.2, -0.15) is 0 Å². The largest absolute Gasteiger partial charge is 2.00 e. The van der Waals surface area contributed by atoms with Crippen molar-refractivity contribution >= 4 is 68.2 Å². The van der Waals surface area contributed by atoms with Crippen molar-refractivity contribution in [3.63, 3.8) is 0 Å². The van der Waals surface area contributed by atoms with Crippen LogP contribution in [0.3, 0.4) is 0 Å². The molecule has 0 N–H and O–H groups in total. The zero-order valence-electron chi connectivity index (χ0n) is 31.7. The smallest absolute Gasteiger partial charge is 0.657 e. The quantitative estimate of drug-likeness (QED) is 0.156. The third kappa shape index (κ3) is 12.5. The van der Waals surface area contributed by atoms with E-state index in [0.29, 0.717) is 78.3 Å². The first-order valence-electron chi connectivity index (χ1n) is 15.6. The summed E-state index contributed by atoms with van der Waals surface area (Å²) in [5.41, 5.74) is 9.44. The summed E-state index contributed by atoms with van der Waals surface area (Å²) in [5.74, 6) is -4.89. The zero-order chi connectivity index (χ0) is 34.9. The van der Waals surface area contributed by atoms with Gasteiger partial charge in [-0.25, -0.2) is 9.97 Å². The monoisotopic (exact) mass is 804 g/mol. The average molecular weight is 806 g/mol. The second kappa shape index (κ2) is 22.7. The van der Waals surface area contributed by atoms with Crippen LogP contribution >= 0.6 is 0 Å². The molecule has 0 unspecified atom stereocenters. The van der Waals surface area contributed by atoms with Crippen molar-refractivity contribution in [3.8, 4) is 0 Å². The van der Waals surface area contributed by atoms with Gasteiger partial charge in [0.2, 0.25) is 0 Å². The molecule has 8 bridgehead atoms. The van der Waals surface area contributed by atoms with E-state index in [2.05, 4.69) is 0 Å². The van der Waals surface area contributed by atoms with Crippen molar-refractivity contribution in [2.75, 3.05) is 0 Å². The Morgan fingerprint density at radius 2 is 0.774 bits per heavy atom. The summed E-state index contributed by atoms with van der Waals surface area (Å²) in [6, 6.07) is 6.94. The van der Waals surface area contributed by atoms with Crippen molar-refractivity contribution in [2.45, 2.75) is 79.1 Å². The first kappa shape index (κ1) is 52.1. The fourth-order valence-corrected chi connectivity index (χ4v) is 6.24. The van der Waals surface area contributed by atoms with Gasteiger partial charge in [-0.3, -0.25) is 0 Å². The second-order valence-corrected chi connectivity index (χ2v) is 12.0. The number of carboxylic acids is 4. The van der Waals surface area contributed by atoms with E-state index in [4.69, 9.17) is 19.9 Å². The van der Waals surface area contributed by atoms with Gasteiger partial charge in [0.05, 0.1) is 22.8 Å². The van der Waals surface area contributed by atoms with E-state index in [1.807, 2.05) is 20.8 Å². The van der Waals surface area contributed by atoms with E-state index in [0.717, 1.165) is 11.1 Å². The number of nitrogens with zero attached hydrogens (tertiary/aromatic N) is 4. The Morgan fingerprint density at radius 1 is 0.491 bits per heavy atom. The maximum absolute atomic E-state index is 11.5. The Kier molecular flexibility index (Phi) is 22.4. The number of hydrogen-bond donors (Lipinski definition) is 0. The van der Waals surface area contributed by atoms with Gasteiger partial charge >= 0.3 is 138 Å². The minimum atomic E-state index is -1.23. The number of fused-ring (bicyclic) bond motifs is 8. The molecule has 17 heteroatoms. The summed E-state index contributed by atoms with van der Waals surface area (Å²) in [6.45, 7) is 7.28. The van der Waals surface area contributed by atoms with Crippen LogP contribution in [0.25, 0.3) is 44.4 Å². The summed E-state index contributed by atoms with van der Waals surface area (Å²) in [6.07, 6.45) is -0.486. The molecule has 0 saturated heterocycles. The van der Waals surface area contributed by atoms with Gasteiger partial charge in [0.1, 0.15) is 0 Å². The summed E-state index contributed by atoms with van der Waals surface area (Å²) < 4.78 is 0. The molecule has 5 rings (SSSR count). The van der Waals surface area contributed by atoms with E-state index in [1.165, 1.54) is 0 Å². The van der Waals surface area contributed by atoms with Crippen LogP contribution in [0.1, 0.15) is 97.4 Å². The van der Waals surface area contributed by atoms with Gasteiger partial charge in [0, 0.05) is 23.9 Å². The molecule has 0 atom stereocenters. The number of carboxylic acid groups (broad SMARTS) is 4. The minimum absolute atomic E-state index is 0. The predicted octanol–water partition coefficient (Wildman–Crippen LogP) is -11.5. The Morgan fingerprint density at radius 3 is 1.11 bits per heavy atom. The number of aryl methyl sites for hydroxylation is 4. The van der Waals surface area contributed by atoms with Gasteiger partial charge in [-0.05, 0) is 101 Å². The van der Waals surface area contributed by atoms with Crippen LogP contribution in [0.5, 0.6) is 0 Å². The maximum atomic E-state index is 11.5. The third-order valence-corrected chi connectivity index (χ3v) is 8.96. The average Bonchev–Trinajstić information content (AvgIpc) is 3.66. The molecule has 0 spiro atoms. The van der Waals surface area contributed by atoms with Gasteiger partial charge in [0.25, 0.3) is 0 Å². The number of aliphatic carboxylic acids is 4. The number of allylic oxidation sites excluding steroid dienone is 4. The molecule has 250 valence electrons. The molecule has 5 heterocycles. The Hall–Kier alpha value is -0.897. The molecule has 0 radical (unpaired) electrons. The molecule has 53 heavy (non-hydrogen) atoms. The maximum Gasteiger partial charge on any atom is 2.00 e. The second-order valence-electron chi connectivity index (χ2n) is 12.0. The molecule has 12 nitrogen and oxygen atoms in total.